The summed E-state index contributed by atoms with van der Waals surface area (Å²) in [5, 5.41) is 4.47. The van der Waals surface area contributed by atoms with Crippen LogP contribution in [0.5, 0.6) is 5.75 Å². The average Bonchev–Trinajstić information content (AvgIpc) is 2.92. The first-order valence-electron chi connectivity index (χ1n) is 9.20. The molecule has 1 heterocycles. The summed E-state index contributed by atoms with van der Waals surface area (Å²) in [7, 11) is 1.68. The van der Waals surface area contributed by atoms with Crippen LogP contribution in [0.2, 0.25) is 0 Å². The minimum absolute atomic E-state index is 0.451. The van der Waals surface area contributed by atoms with Gasteiger partial charge >= 0.3 is 0 Å². The molecule has 0 amide bonds. The molecule has 138 valence electrons. The van der Waals surface area contributed by atoms with Crippen LogP contribution in [0.25, 0.3) is 0 Å². The minimum atomic E-state index is -0.451. The van der Waals surface area contributed by atoms with E-state index in [1.54, 1.807) is 7.11 Å². The highest BCUT2D eigenvalue weighted by atomic mass is 16.7. The lowest BCUT2D eigenvalue weighted by molar-refractivity contribution is -0.0861. The van der Waals surface area contributed by atoms with Crippen LogP contribution in [0.15, 0.2) is 59.8 Å². The van der Waals surface area contributed by atoms with Crippen LogP contribution in [0.3, 0.4) is 0 Å². The molecule has 2 aromatic rings. The summed E-state index contributed by atoms with van der Waals surface area (Å²) in [4.78, 5) is 8.31. The van der Waals surface area contributed by atoms with Crippen molar-refractivity contribution in [1.29, 1.82) is 0 Å². The Morgan fingerprint density at radius 2 is 1.73 bits per heavy atom. The molecule has 0 aromatic heterocycles. The van der Waals surface area contributed by atoms with Gasteiger partial charge in [-0.2, -0.15) is 0 Å². The number of nitrogens with zero attached hydrogens (tertiary/aromatic N) is 2. The molecule has 0 aliphatic carbocycles. The van der Waals surface area contributed by atoms with E-state index in [1.807, 2.05) is 18.2 Å². The van der Waals surface area contributed by atoms with Crippen molar-refractivity contribution >= 4 is 5.84 Å². The Labute approximate surface area is 156 Å². The quantitative estimate of drug-likeness (QED) is 0.736. The minimum Gasteiger partial charge on any atom is -0.497 e. The molecule has 3 rings (SSSR count). The third-order valence-electron chi connectivity index (χ3n) is 4.67. The lowest BCUT2D eigenvalue weighted by Gasteiger charge is -2.36. The molecule has 1 aliphatic rings. The van der Waals surface area contributed by atoms with Gasteiger partial charge < -0.3 is 14.5 Å². The van der Waals surface area contributed by atoms with Crippen molar-refractivity contribution in [2.75, 3.05) is 13.7 Å². The third-order valence-corrected chi connectivity index (χ3v) is 4.67. The zero-order valence-corrected chi connectivity index (χ0v) is 16.1. The molecule has 26 heavy (non-hydrogen) atoms. The van der Waals surface area contributed by atoms with Crippen molar-refractivity contribution < 1.29 is 9.57 Å². The van der Waals surface area contributed by atoms with Gasteiger partial charge in [0.1, 0.15) is 5.75 Å². The fourth-order valence-corrected chi connectivity index (χ4v) is 3.34. The van der Waals surface area contributed by atoms with E-state index in [-0.39, 0.29) is 0 Å². The Morgan fingerprint density at radius 1 is 1.04 bits per heavy atom. The Balaban J connectivity index is 1.78. The summed E-state index contributed by atoms with van der Waals surface area (Å²) >= 11 is 0. The topological polar surface area (TPSA) is 34.1 Å². The predicted octanol–water partition coefficient (Wildman–Crippen LogP) is 4.50. The molecule has 0 radical (unpaired) electrons. The van der Waals surface area contributed by atoms with Crippen molar-refractivity contribution in [3.8, 4) is 5.75 Å². The zero-order valence-electron chi connectivity index (χ0n) is 16.1. The van der Waals surface area contributed by atoms with E-state index in [1.165, 1.54) is 11.1 Å². The smallest absolute Gasteiger partial charge is 0.212 e. The number of oxime groups is 1. The highest BCUT2D eigenvalue weighted by Gasteiger charge is 2.41. The van der Waals surface area contributed by atoms with E-state index in [9.17, 15) is 0 Å². The lowest BCUT2D eigenvalue weighted by atomic mass is 10.00. The molecule has 0 fully saturated rings. The number of rotatable bonds is 7. The Morgan fingerprint density at radius 3 is 2.35 bits per heavy atom. The van der Waals surface area contributed by atoms with Crippen molar-refractivity contribution in [1.82, 2.24) is 4.90 Å². The second-order valence-corrected chi connectivity index (χ2v) is 7.47. The van der Waals surface area contributed by atoms with Gasteiger partial charge in [0.15, 0.2) is 5.84 Å². The first-order chi connectivity index (χ1) is 12.5. The maximum absolute atomic E-state index is 5.98. The monoisotopic (exact) mass is 352 g/mol. The Hall–Kier alpha value is -2.49. The molecule has 0 spiro atoms. The normalized spacial score (nSPS) is 19.4. The number of hydrogen-bond acceptors (Lipinski definition) is 4. The van der Waals surface area contributed by atoms with Gasteiger partial charge in [0.25, 0.3) is 0 Å². The van der Waals surface area contributed by atoms with Gasteiger partial charge in [-0.1, -0.05) is 61.5 Å². The van der Waals surface area contributed by atoms with E-state index in [0.717, 1.165) is 31.0 Å². The molecule has 1 unspecified atom stereocenters. The summed E-state index contributed by atoms with van der Waals surface area (Å²) in [6.45, 7) is 7.50. The second kappa shape index (κ2) is 7.81. The first kappa shape index (κ1) is 18.3. The van der Waals surface area contributed by atoms with Gasteiger partial charge in [-0.25, -0.2) is 0 Å². The number of methoxy groups -OCH3 is 1. The molecule has 4 nitrogen and oxygen atoms in total. The summed E-state index contributed by atoms with van der Waals surface area (Å²) in [6.07, 6.45) is 1.55. The Bertz CT molecular complexity index is 740. The fourth-order valence-electron chi connectivity index (χ4n) is 3.34. The van der Waals surface area contributed by atoms with Crippen LogP contribution in [-0.4, -0.2) is 30.1 Å². The van der Waals surface area contributed by atoms with Crippen molar-refractivity contribution in [3.63, 3.8) is 0 Å². The van der Waals surface area contributed by atoms with E-state index < -0.39 is 5.72 Å². The molecule has 2 aromatic carbocycles. The van der Waals surface area contributed by atoms with E-state index in [0.29, 0.717) is 5.92 Å². The summed E-state index contributed by atoms with van der Waals surface area (Å²) < 4.78 is 5.25. The van der Waals surface area contributed by atoms with Gasteiger partial charge in [0.05, 0.1) is 7.11 Å². The van der Waals surface area contributed by atoms with Crippen LogP contribution in [0, 0.1) is 5.92 Å². The molecule has 4 heteroatoms. The maximum Gasteiger partial charge on any atom is 0.212 e. The van der Waals surface area contributed by atoms with Crippen molar-refractivity contribution in [2.24, 2.45) is 11.1 Å². The number of amidine groups is 1. The summed E-state index contributed by atoms with van der Waals surface area (Å²) in [6, 6.07) is 18.6. The standard InChI is InChI=1S/C22H28N2O2/c1-17(2)16-24-21(14-18-10-12-20(25-4)13-11-18)23-26-22(24,3)15-19-8-6-5-7-9-19/h5-13,17H,14-16H2,1-4H3. The van der Waals surface area contributed by atoms with Crippen molar-refractivity contribution in [2.45, 2.75) is 39.3 Å². The first-order valence-corrected chi connectivity index (χ1v) is 9.20. The van der Waals surface area contributed by atoms with Crippen LogP contribution in [0.4, 0.5) is 0 Å². The van der Waals surface area contributed by atoms with Crippen molar-refractivity contribution in [3.05, 3.63) is 65.7 Å². The van der Waals surface area contributed by atoms with Crippen LogP contribution in [0.1, 0.15) is 31.9 Å². The summed E-state index contributed by atoms with van der Waals surface area (Å²) in [5.74, 6) is 2.38. The number of benzene rings is 2. The zero-order chi connectivity index (χ0) is 18.6. The van der Waals surface area contributed by atoms with Gasteiger partial charge in [0, 0.05) is 19.4 Å². The third kappa shape index (κ3) is 4.18. The van der Waals surface area contributed by atoms with Crippen LogP contribution >= 0.6 is 0 Å². The molecule has 0 bridgehead atoms. The number of hydrogen-bond donors (Lipinski definition) is 0. The maximum atomic E-state index is 5.98. The van der Waals surface area contributed by atoms with E-state index in [4.69, 9.17) is 9.57 Å². The Kier molecular flexibility index (Phi) is 5.50. The largest absolute Gasteiger partial charge is 0.497 e. The average molecular weight is 352 g/mol. The molecule has 0 saturated heterocycles. The van der Waals surface area contributed by atoms with Gasteiger partial charge in [-0.3, -0.25) is 0 Å². The van der Waals surface area contributed by atoms with Gasteiger partial charge in [-0.15, -0.1) is 0 Å². The molecule has 1 aliphatic heterocycles. The fraction of sp³-hybridized carbons (Fsp3) is 0.409. The number of ether oxygens (including phenoxy) is 1. The van der Waals surface area contributed by atoms with Gasteiger partial charge in [-0.05, 0) is 36.1 Å². The van der Waals surface area contributed by atoms with E-state index in [2.05, 4.69) is 67.2 Å². The molecule has 0 N–H and O–H groups in total. The molecule has 1 atom stereocenters. The van der Waals surface area contributed by atoms with Gasteiger partial charge in [0.2, 0.25) is 5.72 Å². The predicted molar refractivity (Wildman–Crippen MR) is 105 cm³/mol. The molecular weight excluding hydrogens is 324 g/mol. The SMILES string of the molecule is COc1ccc(CC2=NOC(C)(Cc3ccccc3)N2CC(C)C)cc1. The molecule has 0 saturated carbocycles. The second-order valence-electron chi connectivity index (χ2n) is 7.47. The highest BCUT2D eigenvalue weighted by Crippen LogP contribution is 2.30. The van der Waals surface area contributed by atoms with E-state index >= 15 is 0 Å². The van der Waals surface area contributed by atoms with Crippen LogP contribution in [-0.2, 0) is 17.7 Å². The lowest BCUT2D eigenvalue weighted by Crippen LogP contribution is -2.49. The highest BCUT2D eigenvalue weighted by molar-refractivity contribution is 5.85. The molecular formula is C22H28N2O2. The summed E-state index contributed by atoms with van der Waals surface area (Å²) in [5.41, 5.74) is 2.00. The van der Waals surface area contributed by atoms with Crippen LogP contribution < -0.4 is 4.74 Å².